The number of benzene rings is 1. The number of nitrogens with zero attached hydrogens (tertiary/aromatic N) is 2. The Labute approximate surface area is 199 Å². The fourth-order valence-corrected chi connectivity index (χ4v) is 6.27. The van der Waals surface area contributed by atoms with Gasteiger partial charge in [-0.05, 0) is 49.3 Å². The maximum Gasteiger partial charge on any atom is 0.271 e. The second-order valence-corrected chi connectivity index (χ2v) is 10.7. The van der Waals surface area contributed by atoms with Crippen molar-refractivity contribution in [2.75, 3.05) is 6.54 Å². The molecule has 2 aromatic heterocycles. The van der Waals surface area contributed by atoms with Crippen molar-refractivity contribution in [1.82, 2.24) is 14.8 Å². The van der Waals surface area contributed by atoms with Gasteiger partial charge in [-0.2, -0.15) is 0 Å². The monoisotopic (exact) mass is 463 g/mol. The van der Waals surface area contributed by atoms with Gasteiger partial charge in [0.05, 0.1) is 16.8 Å². The first-order valence-corrected chi connectivity index (χ1v) is 13.2. The molecule has 0 spiro atoms. The summed E-state index contributed by atoms with van der Waals surface area (Å²) in [6.07, 6.45) is 8.90. The van der Waals surface area contributed by atoms with Crippen molar-refractivity contribution < 1.29 is 9.59 Å². The maximum absolute atomic E-state index is 13.8. The molecule has 1 aliphatic heterocycles. The number of rotatable bonds is 5. The first-order chi connectivity index (χ1) is 16.1. The molecule has 5 rings (SSSR count). The predicted molar refractivity (Wildman–Crippen MR) is 134 cm³/mol. The summed E-state index contributed by atoms with van der Waals surface area (Å²) in [5, 5.41) is 5.42. The Bertz CT molecular complexity index is 1130. The van der Waals surface area contributed by atoms with Crippen molar-refractivity contribution in [1.29, 1.82) is 0 Å². The highest BCUT2D eigenvalue weighted by molar-refractivity contribution is 7.17. The molecule has 0 saturated heterocycles. The summed E-state index contributed by atoms with van der Waals surface area (Å²) in [6, 6.07) is 14.5. The topological polar surface area (TPSA) is 54.3 Å². The number of carbonyl (C=O) groups is 2. The number of hydrogen-bond donors (Lipinski definition) is 1. The second kappa shape index (κ2) is 9.34. The highest BCUT2D eigenvalue weighted by Gasteiger charge is 2.48. The molecule has 1 saturated carbocycles. The lowest BCUT2D eigenvalue weighted by Crippen LogP contribution is -2.65. The van der Waals surface area contributed by atoms with Crippen molar-refractivity contribution in [3.05, 3.63) is 59.1 Å². The van der Waals surface area contributed by atoms with Crippen LogP contribution in [-0.4, -0.2) is 39.4 Å². The van der Waals surface area contributed by atoms with E-state index in [1.54, 1.807) is 11.3 Å². The summed E-state index contributed by atoms with van der Waals surface area (Å²) in [5.74, 6) is -0.0619. The summed E-state index contributed by atoms with van der Waals surface area (Å²) < 4.78 is 3.16. The highest BCUT2D eigenvalue weighted by atomic mass is 32.1. The number of fused-ring (bicyclic) bond motifs is 3. The lowest BCUT2D eigenvalue weighted by atomic mass is 9.91. The van der Waals surface area contributed by atoms with Crippen molar-refractivity contribution in [2.24, 2.45) is 0 Å². The van der Waals surface area contributed by atoms with E-state index >= 15 is 0 Å². The Hall–Kier alpha value is -2.60. The molecule has 2 amide bonds. The minimum atomic E-state index is -0.922. The number of thiophene rings is 1. The molecule has 3 heterocycles. The van der Waals surface area contributed by atoms with E-state index in [4.69, 9.17) is 0 Å². The van der Waals surface area contributed by atoms with Crippen molar-refractivity contribution in [3.63, 3.8) is 0 Å². The standard InChI is InChI=1S/C27H33N3O2S/c1-27(26(32)28-21-12-8-3-2-4-9-13-21)19-29-22-15-17-33-24(22)18-23(29)25(31)30(27)16-14-20-10-6-5-7-11-20/h5-7,10-11,15,17-18,21H,2-4,8-9,12-14,16,19H2,1H3,(H,28,32)/t27-/m0/s1. The van der Waals surface area contributed by atoms with Crippen LogP contribution >= 0.6 is 11.3 Å². The lowest BCUT2D eigenvalue weighted by molar-refractivity contribution is -0.133. The van der Waals surface area contributed by atoms with Crippen molar-refractivity contribution in [3.8, 4) is 0 Å². The normalized spacial score (nSPS) is 22.1. The third-order valence-corrected chi connectivity index (χ3v) is 8.30. The minimum absolute atomic E-state index is 0.0165. The molecule has 0 bridgehead atoms. The smallest absolute Gasteiger partial charge is 0.271 e. The SMILES string of the molecule is C[C@@]1(C(=O)NC2CCCCCCC2)Cn2c(cc3sccc32)C(=O)N1CCc1ccccc1. The number of amides is 2. The van der Waals surface area contributed by atoms with Gasteiger partial charge in [0.15, 0.2) is 0 Å². The first-order valence-electron chi connectivity index (χ1n) is 12.3. The van der Waals surface area contributed by atoms with Gasteiger partial charge < -0.3 is 14.8 Å². The molecule has 1 atom stereocenters. The number of nitrogens with one attached hydrogen (secondary N) is 1. The van der Waals surface area contributed by atoms with Crippen LogP contribution < -0.4 is 5.32 Å². The van der Waals surface area contributed by atoms with Gasteiger partial charge in [-0.25, -0.2) is 0 Å². The van der Waals surface area contributed by atoms with Gasteiger partial charge in [-0.1, -0.05) is 62.4 Å². The van der Waals surface area contributed by atoms with Crippen molar-refractivity contribution in [2.45, 2.75) is 76.4 Å². The van der Waals surface area contributed by atoms with E-state index in [2.05, 4.69) is 33.5 Å². The molecule has 3 aromatic rings. The van der Waals surface area contributed by atoms with E-state index in [9.17, 15) is 9.59 Å². The summed E-state index contributed by atoms with van der Waals surface area (Å²) in [6.45, 7) is 2.97. The van der Waals surface area contributed by atoms with Crippen LogP contribution in [0.25, 0.3) is 10.2 Å². The Morgan fingerprint density at radius 2 is 1.82 bits per heavy atom. The molecule has 6 heteroatoms. The Kier molecular flexibility index (Phi) is 6.28. The van der Waals surface area contributed by atoms with E-state index < -0.39 is 5.54 Å². The van der Waals surface area contributed by atoms with Crippen molar-refractivity contribution >= 4 is 33.4 Å². The van der Waals surface area contributed by atoms with Gasteiger partial charge in [-0.15, -0.1) is 11.3 Å². The van der Waals surface area contributed by atoms with Crippen LogP contribution in [0.3, 0.4) is 0 Å². The number of hydrogen-bond acceptors (Lipinski definition) is 3. The molecular formula is C27H33N3O2S. The zero-order chi connectivity index (χ0) is 22.8. The zero-order valence-corrected chi connectivity index (χ0v) is 20.2. The summed E-state index contributed by atoms with van der Waals surface area (Å²) in [4.78, 5) is 29.4. The fraction of sp³-hybridized carbons (Fsp3) is 0.481. The quantitative estimate of drug-likeness (QED) is 0.552. The minimum Gasteiger partial charge on any atom is -0.351 e. The van der Waals surface area contributed by atoms with Gasteiger partial charge in [0, 0.05) is 12.6 Å². The number of carbonyl (C=O) groups excluding carboxylic acids is 2. The predicted octanol–water partition coefficient (Wildman–Crippen LogP) is 5.39. The lowest BCUT2D eigenvalue weighted by Gasteiger charge is -2.44. The summed E-state index contributed by atoms with van der Waals surface area (Å²) in [7, 11) is 0. The van der Waals surface area contributed by atoms with Gasteiger partial charge in [-0.3, -0.25) is 9.59 Å². The van der Waals surface area contributed by atoms with E-state index in [0.717, 1.165) is 42.3 Å². The first kappa shape index (κ1) is 22.2. The van der Waals surface area contributed by atoms with Gasteiger partial charge in [0.1, 0.15) is 11.2 Å². The summed E-state index contributed by atoms with van der Waals surface area (Å²) in [5.41, 5.74) is 2.00. The molecule has 1 fully saturated rings. The molecule has 2 aliphatic rings. The van der Waals surface area contributed by atoms with Crippen LogP contribution in [0.1, 0.15) is 67.9 Å². The van der Waals surface area contributed by atoms with Crippen LogP contribution in [0, 0.1) is 0 Å². The summed E-state index contributed by atoms with van der Waals surface area (Å²) >= 11 is 1.64. The van der Waals surface area contributed by atoms with E-state index in [0.29, 0.717) is 18.8 Å². The molecule has 1 N–H and O–H groups in total. The Morgan fingerprint density at radius 3 is 2.58 bits per heavy atom. The molecule has 1 aromatic carbocycles. The van der Waals surface area contributed by atoms with Crippen LogP contribution in [0.4, 0.5) is 0 Å². The van der Waals surface area contributed by atoms with Crippen LogP contribution in [0.5, 0.6) is 0 Å². The van der Waals surface area contributed by atoms with Crippen LogP contribution in [-0.2, 0) is 17.8 Å². The maximum atomic E-state index is 13.8. The zero-order valence-electron chi connectivity index (χ0n) is 19.4. The molecule has 0 radical (unpaired) electrons. The average Bonchev–Trinajstić information content (AvgIpc) is 3.38. The molecule has 0 unspecified atom stereocenters. The third kappa shape index (κ3) is 4.33. The van der Waals surface area contributed by atoms with Gasteiger partial charge in [0.2, 0.25) is 5.91 Å². The highest BCUT2D eigenvalue weighted by Crippen LogP contribution is 2.34. The van der Waals surface area contributed by atoms with Crippen LogP contribution in [0.15, 0.2) is 47.8 Å². The molecule has 33 heavy (non-hydrogen) atoms. The largest absolute Gasteiger partial charge is 0.351 e. The molecule has 5 nitrogen and oxygen atoms in total. The molecule has 1 aliphatic carbocycles. The molecule has 174 valence electrons. The molecular weight excluding hydrogens is 430 g/mol. The van der Waals surface area contributed by atoms with Gasteiger partial charge >= 0.3 is 0 Å². The Balaban J connectivity index is 1.44. The van der Waals surface area contributed by atoms with E-state index in [1.807, 2.05) is 36.1 Å². The van der Waals surface area contributed by atoms with Gasteiger partial charge in [0.25, 0.3) is 5.91 Å². The van der Waals surface area contributed by atoms with E-state index in [1.165, 1.54) is 24.8 Å². The van der Waals surface area contributed by atoms with E-state index in [-0.39, 0.29) is 17.9 Å². The average molecular weight is 464 g/mol. The van der Waals surface area contributed by atoms with Crippen LogP contribution in [0.2, 0.25) is 0 Å². The fourth-order valence-electron chi connectivity index (χ4n) is 5.45. The third-order valence-electron chi connectivity index (χ3n) is 7.45. The number of aromatic nitrogens is 1. The Morgan fingerprint density at radius 1 is 1.09 bits per heavy atom. The second-order valence-electron chi connectivity index (χ2n) is 9.77.